The molecule has 5 nitrogen and oxygen atoms in total. The van der Waals surface area contributed by atoms with E-state index in [0.29, 0.717) is 11.5 Å². The van der Waals surface area contributed by atoms with Crippen LogP contribution in [0.1, 0.15) is 33.7 Å². The van der Waals surface area contributed by atoms with Gasteiger partial charge in [0.1, 0.15) is 0 Å². The van der Waals surface area contributed by atoms with Crippen molar-refractivity contribution in [1.82, 2.24) is 9.97 Å². The van der Waals surface area contributed by atoms with Crippen LogP contribution in [0.25, 0.3) is 11.1 Å². The quantitative estimate of drug-likeness (QED) is 0.812. The van der Waals surface area contributed by atoms with Crippen molar-refractivity contribution in [2.75, 3.05) is 12.8 Å². The highest BCUT2D eigenvalue weighted by molar-refractivity contribution is 5.91. The van der Waals surface area contributed by atoms with E-state index >= 15 is 0 Å². The predicted molar refractivity (Wildman–Crippen MR) is 80.0 cm³/mol. The lowest BCUT2D eigenvalue weighted by Gasteiger charge is -2.13. The first-order valence-corrected chi connectivity index (χ1v) is 6.94. The second-order valence-electron chi connectivity index (χ2n) is 5.21. The molecule has 0 unspecified atom stereocenters. The van der Waals surface area contributed by atoms with Gasteiger partial charge in [0, 0.05) is 5.56 Å². The Labute approximate surface area is 123 Å². The first-order valence-electron chi connectivity index (χ1n) is 6.94. The van der Waals surface area contributed by atoms with Gasteiger partial charge in [-0.2, -0.15) is 0 Å². The summed E-state index contributed by atoms with van der Waals surface area (Å²) in [6, 6.07) is 5.67. The van der Waals surface area contributed by atoms with Crippen LogP contribution in [0.3, 0.4) is 0 Å². The Kier molecular flexibility index (Phi) is 3.33. The van der Waals surface area contributed by atoms with Crippen LogP contribution in [0.15, 0.2) is 18.2 Å². The summed E-state index contributed by atoms with van der Waals surface area (Å²) >= 11 is 0. The van der Waals surface area contributed by atoms with Crippen molar-refractivity contribution in [3.63, 3.8) is 0 Å². The predicted octanol–water partition coefficient (Wildman–Crippen LogP) is 2.31. The number of hydrogen-bond donors (Lipinski definition) is 1. The lowest BCUT2D eigenvalue weighted by atomic mass is 9.95. The number of carbonyl (C=O) groups excluding carboxylic acids is 1. The normalized spacial score (nSPS) is 13.0. The third-order valence-corrected chi connectivity index (χ3v) is 3.84. The van der Waals surface area contributed by atoms with Crippen LogP contribution in [0.2, 0.25) is 0 Å². The molecule has 0 amide bonds. The van der Waals surface area contributed by atoms with Crippen molar-refractivity contribution in [2.24, 2.45) is 0 Å². The Bertz CT molecular complexity index is 726. The van der Waals surface area contributed by atoms with Crippen LogP contribution in [0.4, 0.5) is 5.95 Å². The maximum absolute atomic E-state index is 11.8. The van der Waals surface area contributed by atoms with Gasteiger partial charge < -0.3 is 10.5 Å². The molecule has 108 valence electrons. The zero-order valence-electron chi connectivity index (χ0n) is 12.1. The molecule has 0 saturated heterocycles. The first kappa shape index (κ1) is 13.5. The fourth-order valence-electron chi connectivity index (χ4n) is 2.91. The molecule has 1 aromatic carbocycles. The van der Waals surface area contributed by atoms with Gasteiger partial charge in [0.25, 0.3) is 0 Å². The highest BCUT2D eigenvalue weighted by Gasteiger charge is 2.20. The minimum atomic E-state index is -0.336. The van der Waals surface area contributed by atoms with Gasteiger partial charge in [0.15, 0.2) is 0 Å². The number of nitrogen functional groups attached to an aromatic ring is 1. The molecule has 21 heavy (non-hydrogen) atoms. The number of nitrogens with zero attached hydrogens (tertiary/aromatic N) is 2. The summed E-state index contributed by atoms with van der Waals surface area (Å²) < 4.78 is 4.81. The molecule has 0 radical (unpaired) electrons. The van der Waals surface area contributed by atoms with E-state index in [1.54, 1.807) is 0 Å². The van der Waals surface area contributed by atoms with Gasteiger partial charge in [-0.3, -0.25) is 0 Å². The van der Waals surface area contributed by atoms with E-state index in [0.717, 1.165) is 41.8 Å². The smallest absolute Gasteiger partial charge is 0.337 e. The van der Waals surface area contributed by atoms with Crippen LogP contribution < -0.4 is 5.73 Å². The highest BCUT2D eigenvalue weighted by atomic mass is 16.5. The zero-order chi connectivity index (χ0) is 15.0. The van der Waals surface area contributed by atoms with Crippen molar-refractivity contribution in [2.45, 2.75) is 26.2 Å². The van der Waals surface area contributed by atoms with Gasteiger partial charge >= 0.3 is 5.97 Å². The van der Waals surface area contributed by atoms with Crippen molar-refractivity contribution in [1.29, 1.82) is 0 Å². The number of esters is 1. The minimum absolute atomic E-state index is 0.304. The van der Waals surface area contributed by atoms with E-state index in [2.05, 4.69) is 9.97 Å². The van der Waals surface area contributed by atoms with Gasteiger partial charge in [0.05, 0.1) is 24.1 Å². The molecule has 0 saturated carbocycles. The molecule has 1 aromatic heterocycles. The topological polar surface area (TPSA) is 78.1 Å². The molecule has 0 fully saturated rings. The number of anilines is 1. The van der Waals surface area contributed by atoms with Crippen molar-refractivity contribution < 1.29 is 9.53 Å². The van der Waals surface area contributed by atoms with E-state index in [1.807, 2.05) is 25.1 Å². The summed E-state index contributed by atoms with van der Waals surface area (Å²) in [5.41, 5.74) is 11.3. The number of benzene rings is 1. The lowest BCUT2D eigenvalue weighted by Crippen LogP contribution is -2.05. The molecule has 0 spiro atoms. The summed E-state index contributed by atoms with van der Waals surface area (Å²) in [5.74, 6) is -0.0311. The Morgan fingerprint density at radius 1 is 1.29 bits per heavy atom. The van der Waals surface area contributed by atoms with Crippen molar-refractivity contribution in [3.8, 4) is 11.1 Å². The van der Waals surface area contributed by atoms with E-state index in [-0.39, 0.29) is 5.97 Å². The fraction of sp³-hybridized carbons (Fsp3) is 0.312. The molecule has 0 aliphatic heterocycles. The molecular formula is C16H17N3O2. The van der Waals surface area contributed by atoms with E-state index in [1.165, 1.54) is 12.7 Å². The third-order valence-electron chi connectivity index (χ3n) is 3.84. The van der Waals surface area contributed by atoms with E-state index < -0.39 is 0 Å². The number of nitrogens with two attached hydrogens (primary N) is 1. The van der Waals surface area contributed by atoms with E-state index in [9.17, 15) is 4.79 Å². The number of aryl methyl sites for hydroxylation is 3. The Morgan fingerprint density at radius 2 is 2.10 bits per heavy atom. The number of carbonyl (C=O) groups is 1. The Balaban J connectivity index is 2.25. The largest absolute Gasteiger partial charge is 0.465 e. The summed E-state index contributed by atoms with van der Waals surface area (Å²) in [6.07, 6.45) is 2.82. The standard InChI is InChI=1S/C16H17N3O2/c1-9-14-12-8-11(15(20)21-2)7-6-10(12)4-3-5-13(14)19-16(17)18-9/h6-8H,3-5H2,1-2H3,(H2,17,18,19). The monoisotopic (exact) mass is 283 g/mol. The first-order chi connectivity index (χ1) is 10.1. The number of hydrogen-bond acceptors (Lipinski definition) is 5. The number of fused-ring (bicyclic) bond motifs is 3. The second kappa shape index (κ2) is 5.16. The molecular weight excluding hydrogens is 266 g/mol. The fourth-order valence-corrected chi connectivity index (χ4v) is 2.91. The minimum Gasteiger partial charge on any atom is -0.465 e. The molecule has 2 N–H and O–H groups in total. The Hall–Kier alpha value is -2.43. The number of rotatable bonds is 1. The molecule has 1 aliphatic carbocycles. The maximum atomic E-state index is 11.8. The Morgan fingerprint density at radius 3 is 2.86 bits per heavy atom. The zero-order valence-corrected chi connectivity index (χ0v) is 12.1. The van der Waals surface area contributed by atoms with Crippen LogP contribution >= 0.6 is 0 Å². The average Bonchev–Trinajstić information content (AvgIpc) is 2.64. The van der Waals surface area contributed by atoms with Crippen molar-refractivity contribution in [3.05, 3.63) is 40.7 Å². The summed E-state index contributed by atoms with van der Waals surface area (Å²) in [6.45, 7) is 1.93. The summed E-state index contributed by atoms with van der Waals surface area (Å²) in [4.78, 5) is 20.4. The molecule has 0 atom stereocenters. The maximum Gasteiger partial charge on any atom is 0.337 e. The lowest BCUT2D eigenvalue weighted by molar-refractivity contribution is 0.0601. The number of methoxy groups -OCH3 is 1. The molecule has 5 heteroatoms. The van der Waals surface area contributed by atoms with Gasteiger partial charge in [0.2, 0.25) is 5.95 Å². The van der Waals surface area contributed by atoms with Crippen LogP contribution in [-0.4, -0.2) is 23.0 Å². The number of aromatic nitrogens is 2. The van der Waals surface area contributed by atoms with Crippen molar-refractivity contribution >= 4 is 11.9 Å². The molecule has 3 rings (SSSR count). The van der Waals surface area contributed by atoms with Gasteiger partial charge in [-0.25, -0.2) is 14.8 Å². The SMILES string of the molecule is COC(=O)c1ccc2c(c1)-c1c(C)nc(N)nc1CCC2. The molecule has 0 bridgehead atoms. The van der Waals surface area contributed by atoms with Gasteiger partial charge in [-0.15, -0.1) is 0 Å². The summed E-state index contributed by atoms with van der Waals surface area (Å²) in [7, 11) is 1.39. The summed E-state index contributed by atoms with van der Waals surface area (Å²) in [5, 5.41) is 0. The number of ether oxygens (including phenoxy) is 1. The van der Waals surface area contributed by atoms with Gasteiger partial charge in [-0.05, 0) is 49.4 Å². The molecule has 1 heterocycles. The molecule has 1 aliphatic rings. The molecule has 2 aromatic rings. The van der Waals surface area contributed by atoms with Crippen LogP contribution in [0.5, 0.6) is 0 Å². The van der Waals surface area contributed by atoms with E-state index in [4.69, 9.17) is 10.5 Å². The third kappa shape index (κ3) is 2.35. The van der Waals surface area contributed by atoms with Gasteiger partial charge in [-0.1, -0.05) is 6.07 Å². The average molecular weight is 283 g/mol. The van der Waals surface area contributed by atoms with Crippen LogP contribution in [-0.2, 0) is 17.6 Å². The second-order valence-corrected chi connectivity index (χ2v) is 5.21. The highest BCUT2D eigenvalue weighted by Crippen LogP contribution is 2.34. The van der Waals surface area contributed by atoms with Crippen LogP contribution in [0, 0.1) is 6.92 Å².